The Hall–Kier alpha value is -1.71. The second kappa shape index (κ2) is 8.25. The fraction of sp³-hybridized carbons (Fsp3) is 0.455. The van der Waals surface area contributed by atoms with Crippen LogP contribution in [-0.2, 0) is 24.4 Å². The third-order valence-corrected chi connectivity index (χ3v) is 10.4. The Labute approximate surface area is 191 Å². The van der Waals surface area contributed by atoms with E-state index in [4.69, 9.17) is 16.3 Å². The molecular weight excluding hydrogens is 482 g/mol. The van der Waals surface area contributed by atoms with Gasteiger partial charge in [0.15, 0.2) is 21.4 Å². The van der Waals surface area contributed by atoms with Crippen LogP contribution in [0.5, 0.6) is 5.75 Å². The Balaban J connectivity index is 1.95. The van der Waals surface area contributed by atoms with Gasteiger partial charge in [0, 0.05) is 17.2 Å². The summed E-state index contributed by atoms with van der Waals surface area (Å²) < 4.78 is 85.5. The molecule has 0 saturated heterocycles. The van der Waals surface area contributed by atoms with Crippen molar-refractivity contribution in [3.05, 3.63) is 58.6 Å². The van der Waals surface area contributed by atoms with Crippen molar-refractivity contribution in [2.75, 3.05) is 18.6 Å². The zero-order valence-corrected chi connectivity index (χ0v) is 19.7. The first kappa shape index (κ1) is 23.4. The van der Waals surface area contributed by atoms with Crippen molar-refractivity contribution in [1.29, 1.82) is 0 Å². The van der Waals surface area contributed by atoms with Crippen molar-refractivity contribution in [3.8, 4) is 5.75 Å². The molecule has 0 unspecified atom stereocenters. The highest BCUT2D eigenvalue weighted by Gasteiger charge is 2.60. The van der Waals surface area contributed by atoms with Gasteiger partial charge in [0.05, 0.1) is 22.8 Å². The quantitative estimate of drug-likeness (QED) is 0.598. The number of ether oxygens (including phenoxy) is 1. The van der Waals surface area contributed by atoms with E-state index in [1.807, 2.05) is 0 Å². The number of benzene rings is 2. The largest absolute Gasteiger partial charge is 0.490 e. The summed E-state index contributed by atoms with van der Waals surface area (Å²) in [6, 6.07) is 7.42. The molecule has 1 aliphatic heterocycles. The van der Waals surface area contributed by atoms with Crippen molar-refractivity contribution in [2.24, 2.45) is 11.8 Å². The van der Waals surface area contributed by atoms with E-state index in [1.54, 1.807) is 0 Å². The summed E-state index contributed by atoms with van der Waals surface area (Å²) in [5, 5.41) is 0.345. The topological polar surface area (TPSA) is 77.5 Å². The third-order valence-electron chi connectivity index (χ3n) is 6.64. The maximum absolute atomic E-state index is 15.3. The molecule has 10 heteroatoms. The molecule has 2 aromatic rings. The van der Waals surface area contributed by atoms with E-state index in [-0.39, 0.29) is 47.3 Å². The van der Waals surface area contributed by atoms with Crippen LogP contribution in [0.4, 0.5) is 8.78 Å². The van der Waals surface area contributed by atoms with Crippen LogP contribution in [0.3, 0.4) is 0 Å². The minimum atomic E-state index is -4.23. The lowest BCUT2D eigenvalue weighted by Gasteiger charge is -2.50. The fourth-order valence-corrected chi connectivity index (χ4v) is 8.52. The standard InChI is InChI=1S/C22H23ClF2O5S2/c1-31(26,27)12-10-14-3-2-11-22(32(28,29)16-6-4-15(23)5-7-16)17(14)13-30-21-19(25)9-8-18(24)20(21)22/h4-9,14,17H,2-3,10-13H2,1H3/t14-,17-,22-/m0/s1. The first-order valence-electron chi connectivity index (χ1n) is 10.3. The summed E-state index contributed by atoms with van der Waals surface area (Å²) >= 11 is 5.94. The third kappa shape index (κ3) is 3.82. The molecule has 0 radical (unpaired) electrons. The molecular formula is C22H23ClF2O5S2. The summed E-state index contributed by atoms with van der Waals surface area (Å²) in [5.74, 6) is -3.28. The van der Waals surface area contributed by atoms with Crippen molar-refractivity contribution < 1.29 is 30.4 Å². The van der Waals surface area contributed by atoms with Crippen LogP contribution in [0.15, 0.2) is 41.3 Å². The van der Waals surface area contributed by atoms with Crippen molar-refractivity contribution >= 4 is 31.3 Å². The fourth-order valence-electron chi connectivity index (χ4n) is 5.22. The van der Waals surface area contributed by atoms with Crippen LogP contribution in [0.1, 0.15) is 31.2 Å². The van der Waals surface area contributed by atoms with Gasteiger partial charge in [0.2, 0.25) is 0 Å². The summed E-state index contributed by atoms with van der Waals surface area (Å²) in [6.07, 6.45) is 2.42. The average molecular weight is 505 g/mol. The number of hydrogen-bond donors (Lipinski definition) is 0. The second-order valence-corrected chi connectivity index (χ2v) is 13.5. The number of sulfone groups is 2. The SMILES string of the molecule is CS(=O)(=O)CC[C@@H]1CCC[C@@]2(S(=O)(=O)c3ccc(Cl)cc3)c3c(F)ccc(F)c3OC[C@@H]12. The van der Waals surface area contributed by atoms with Gasteiger partial charge < -0.3 is 4.74 Å². The predicted molar refractivity (Wildman–Crippen MR) is 117 cm³/mol. The lowest BCUT2D eigenvalue weighted by molar-refractivity contribution is 0.0735. The number of halogens is 3. The summed E-state index contributed by atoms with van der Waals surface area (Å²) in [4.78, 5) is -0.0489. The molecule has 0 bridgehead atoms. The smallest absolute Gasteiger partial charge is 0.188 e. The molecule has 1 saturated carbocycles. The van der Waals surface area contributed by atoms with Gasteiger partial charge in [0.25, 0.3) is 0 Å². The highest BCUT2D eigenvalue weighted by atomic mass is 35.5. The lowest BCUT2D eigenvalue weighted by atomic mass is 9.66. The van der Waals surface area contributed by atoms with Crippen molar-refractivity contribution in [1.82, 2.24) is 0 Å². The Morgan fingerprint density at radius 2 is 1.72 bits per heavy atom. The Morgan fingerprint density at radius 1 is 1.06 bits per heavy atom. The van der Waals surface area contributed by atoms with Gasteiger partial charge in [-0.1, -0.05) is 18.0 Å². The van der Waals surface area contributed by atoms with Gasteiger partial charge in [-0.15, -0.1) is 0 Å². The predicted octanol–water partition coefficient (Wildman–Crippen LogP) is 4.53. The molecule has 5 nitrogen and oxygen atoms in total. The summed E-state index contributed by atoms with van der Waals surface area (Å²) in [6.45, 7) is -0.144. The molecule has 0 aromatic heterocycles. The summed E-state index contributed by atoms with van der Waals surface area (Å²) in [7, 11) is -7.52. The van der Waals surface area contributed by atoms with E-state index in [9.17, 15) is 21.2 Å². The second-order valence-electron chi connectivity index (χ2n) is 8.57. The van der Waals surface area contributed by atoms with Crippen LogP contribution in [0.25, 0.3) is 0 Å². The molecule has 32 heavy (non-hydrogen) atoms. The zero-order valence-electron chi connectivity index (χ0n) is 17.4. The molecule has 0 spiro atoms. The van der Waals surface area contributed by atoms with Gasteiger partial charge in [-0.05, 0) is 61.6 Å². The van der Waals surface area contributed by atoms with Gasteiger partial charge in [-0.2, -0.15) is 0 Å². The Kier molecular flexibility index (Phi) is 6.05. The summed E-state index contributed by atoms with van der Waals surface area (Å²) in [5.41, 5.74) is -0.298. The molecule has 0 amide bonds. The maximum atomic E-state index is 15.3. The van der Waals surface area contributed by atoms with Gasteiger partial charge >= 0.3 is 0 Å². The monoisotopic (exact) mass is 504 g/mol. The van der Waals surface area contributed by atoms with Gasteiger partial charge in [-0.3, -0.25) is 0 Å². The van der Waals surface area contributed by atoms with Crippen molar-refractivity contribution in [2.45, 2.75) is 35.3 Å². The molecule has 4 rings (SSSR count). The van der Waals surface area contributed by atoms with Crippen LogP contribution >= 0.6 is 11.6 Å². The van der Waals surface area contributed by atoms with Crippen LogP contribution in [0, 0.1) is 23.5 Å². The maximum Gasteiger partial charge on any atom is 0.188 e. The minimum absolute atomic E-state index is 0.0489. The van der Waals surface area contributed by atoms with E-state index in [0.717, 1.165) is 18.4 Å². The average Bonchev–Trinajstić information content (AvgIpc) is 2.73. The normalized spacial score (nSPS) is 25.5. The van der Waals surface area contributed by atoms with E-state index >= 15 is 4.39 Å². The zero-order chi connectivity index (χ0) is 23.3. The van der Waals surface area contributed by atoms with E-state index in [2.05, 4.69) is 0 Å². The lowest BCUT2D eigenvalue weighted by Crippen LogP contribution is -2.54. The molecule has 3 atom stereocenters. The molecule has 1 heterocycles. The van der Waals surface area contributed by atoms with Crippen LogP contribution < -0.4 is 4.74 Å². The molecule has 0 N–H and O–H groups in total. The molecule has 1 aliphatic carbocycles. The molecule has 2 aliphatic rings. The Bertz CT molecular complexity index is 1250. The van der Waals surface area contributed by atoms with Crippen LogP contribution in [-0.4, -0.2) is 35.5 Å². The van der Waals surface area contributed by atoms with Crippen molar-refractivity contribution in [3.63, 3.8) is 0 Å². The van der Waals surface area contributed by atoms with Crippen LogP contribution in [0.2, 0.25) is 5.02 Å². The van der Waals surface area contributed by atoms with Gasteiger partial charge in [0.1, 0.15) is 20.4 Å². The highest BCUT2D eigenvalue weighted by molar-refractivity contribution is 7.92. The number of fused-ring (bicyclic) bond motifs is 3. The number of hydrogen-bond acceptors (Lipinski definition) is 5. The Morgan fingerprint density at radius 3 is 2.38 bits per heavy atom. The highest BCUT2D eigenvalue weighted by Crippen LogP contribution is 2.58. The molecule has 1 fully saturated rings. The first-order valence-corrected chi connectivity index (χ1v) is 14.2. The van der Waals surface area contributed by atoms with E-state index in [0.29, 0.717) is 17.9 Å². The van der Waals surface area contributed by atoms with E-state index in [1.165, 1.54) is 24.3 Å². The first-order chi connectivity index (χ1) is 15.0. The number of rotatable bonds is 5. The molecule has 2 aromatic carbocycles. The molecule has 174 valence electrons. The van der Waals surface area contributed by atoms with E-state index < -0.39 is 42.0 Å². The van der Waals surface area contributed by atoms with Gasteiger partial charge in [-0.25, -0.2) is 25.6 Å². The minimum Gasteiger partial charge on any atom is -0.490 e.